The van der Waals surface area contributed by atoms with Gasteiger partial charge in [-0.25, -0.2) is 0 Å². The minimum Gasteiger partial charge on any atom is -0.495 e. The smallest absolute Gasteiger partial charge is 0.178 e. The first-order valence-corrected chi connectivity index (χ1v) is 16.1. The van der Waals surface area contributed by atoms with Crippen LogP contribution >= 0.6 is 0 Å². The number of fused-ring (bicyclic) bond motifs is 8. The van der Waals surface area contributed by atoms with Crippen LogP contribution in [0.3, 0.4) is 0 Å². The van der Waals surface area contributed by atoms with Crippen molar-refractivity contribution in [3.8, 4) is 22.6 Å². The summed E-state index contributed by atoms with van der Waals surface area (Å²) in [5.74, 6) is 1.76. The Morgan fingerprint density at radius 3 is 2.16 bits per heavy atom. The quantitative estimate of drug-likeness (QED) is 0.204. The normalized spacial score (nSPS) is 17.4. The van der Waals surface area contributed by atoms with Crippen molar-refractivity contribution in [1.29, 1.82) is 0 Å². The maximum Gasteiger partial charge on any atom is 0.178 e. The van der Waals surface area contributed by atoms with Crippen LogP contribution in [0.15, 0.2) is 97.1 Å². The number of nitrogens with zero attached hydrogens (tertiary/aromatic N) is 1. The Balaban J connectivity index is 1.47. The van der Waals surface area contributed by atoms with E-state index < -0.39 is 5.60 Å². The molecule has 4 nitrogen and oxygen atoms in total. The average molecular weight is 594 g/mol. The minimum atomic E-state index is -0.780. The van der Waals surface area contributed by atoms with E-state index in [1.54, 1.807) is 7.11 Å². The first-order valence-electron chi connectivity index (χ1n) is 16.1. The molecule has 1 saturated heterocycles. The zero-order valence-electron chi connectivity index (χ0n) is 26.5. The Labute approximate surface area is 265 Å². The van der Waals surface area contributed by atoms with Gasteiger partial charge in [-0.2, -0.15) is 0 Å². The van der Waals surface area contributed by atoms with E-state index >= 15 is 0 Å². The van der Waals surface area contributed by atoms with Gasteiger partial charge in [-0.15, -0.1) is 0 Å². The summed E-state index contributed by atoms with van der Waals surface area (Å²) in [5.41, 5.74) is 10.2. The Hall–Kier alpha value is -4.54. The Bertz CT molecular complexity index is 1910. The summed E-state index contributed by atoms with van der Waals surface area (Å²) in [4.78, 5) is 2.40. The Kier molecular flexibility index (Phi) is 6.54. The number of morpholine rings is 1. The van der Waals surface area contributed by atoms with Crippen LogP contribution in [0, 0.1) is 0 Å². The summed E-state index contributed by atoms with van der Waals surface area (Å²) in [5, 5.41) is 2.27. The SMILES string of the molecule is CCc1ccc2c(c1)C(C)(C)c1c3c(c4cc(OC)c(N5CCOCC5)cc4c1-2)OC(c1ccccc1)(c1ccccc1)C=C3. The van der Waals surface area contributed by atoms with E-state index in [4.69, 9.17) is 14.2 Å². The van der Waals surface area contributed by atoms with E-state index in [1.165, 1.54) is 33.2 Å². The van der Waals surface area contributed by atoms with Crippen molar-refractivity contribution in [2.75, 3.05) is 38.3 Å². The van der Waals surface area contributed by atoms with Gasteiger partial charge in [-0.05, 0) is 57.8 Å². The van der Waals surface area contributed by atoms with E-state index in [0.717, 1.165) is 58.8 Å². The van der Waals surface area contributed by atoms with Crippen molar-refractivity contribution in [3.63, 3.8) is 0 Å². The lowest BCUT2D eigenvalue weighted by atomic mass is 9.76. The van der Waals surface area contributed by atoms with Crippen molar-refractivity contribution in [1.82, 2.24) is 0 Å². The highest BCUT2D eigenvalue weighted by Crippen LogP contribution is 2.59. The van der Waals surface area contributed by atoms with Crippen molar-refractivity contribution < 1.29 is 14.2 Å². The van der Waals surface area contributed by atoms with E-state index in [9.17, 15) is 0 Å². The van der Waals surface area contributed by atoms with Crippen LogP contribution in [0.5, 0.6) is 11.5 Å². The molecule has 0 amide bonds. The van der Waals surface area contributed by atoms with Crippen LogP contribution in [-0.4, -0.2) is 33.4 Å². The first kappa shape index (κ1) is 28.0. The second-order valence-electron chi connectivity index (χ2n) is 12.9. The third-order valence-corrected chi connectivity index (χ3v) is 10.2. The Morgan fingerprint density at radius 1 is 0.822 bits per heavy atom. The molecule has 5 aromatic carbocycles. The van der Waals surface area contributed by atoms with Crippen LogP contribution in [0.1, 0.15) is 54.2 Å². The minimum absolute atomic E-state index is 0.208. The molecule has 0 radical (unpaired) electrons. The van der Waals surface area contributed by atoms with Crippen LogP contribution in [0.2, 0.25) is 0 Å². The van der Waals surface area contributed by atoms with Gasteiger partial charge >= 0.3 is 0 Å². The van der Waals surface area contributed by atoms with Gasteiger partial charge in [0.25, 0.3) is 0 Å². The summed E-state index contributed by atoms with van der Waals surface area (Å²) in [6, 6.07) is 32.8. The second-order valence-corrected chi connectivity index (χ2v) is 12.9. The van der Waals surface area contributed by atoms with Crippen molar-refractivity contribution in [3.05, 3.63) is 130 Å². The molecule has 2 heterocycles. The molecular formula is C41H39NO3. The molecule has 1 fully saturated rings. The third-order valence-electron chi connectivity index (χ3n) is 10.2. The average Bonchev–Trinajstić information content (AvgIpc) is 3.34. The standard InChI is InChI=1S/C41H39NO3/c1-5-27-16-17-30-34(24-27)40(2,3)38-31-18-19-41(28-12-8-6-9-13-28,29-14-10-7-11-15-29)45-39(31)33-26-36(43-4)35(25-32(33)37(30)38)42-20-22-44-23-21-42/h6-19,24-26H,5,20-23H2,1-4H3. The lowest BCUT2D eigenvalue weighted by Crippen LogP contribution is -2.36. The molecule has 3 aliphatic rings. The van der Waals surface area contributed by atoms with Crippen LogP contribution in [-0.2, 0) is 22.2 Å². The Morgan fingerprint density at radius 2 is 1.51 bits per heavy atom. The fourth-order valence-electron chi connectivity index (χ4n) is 7.83. The van der Waals surface area contributed by atoms with Gasteiger partial charge in [0, 0.05) is 40.6 Å². The molecule has 0 atom stereocenters. The number of ether oxygens (including phenoxy) is 3. The summed E-state index contributed by atoms with van der Waals surface area (Å²) in [6.45, 7) is 10.1. The zero-order chi connectivity index (χ0) is 30.8. The number of methoxy groups -OCH3 is 1. The van der Waals surface area contributed by atoms with Crippen molar-refractivity contribution in [2.24, 2.45) is 0 Å². The molecule has 0 bridgehead atoms. The van der Waals surface area contributed by atoms with E-state index in [2.05, 4.69) is 129 Å². The van der Waals surface area contributed by atoms with Gasteiger partial charge in [-0.3, -0.25) is 0 Å². The zero-order valence-corrected chi connectivity index (χ0v) is 26.5. The number of hydrogen-bond acceptors (Lipinski definition) is 4. The molecule has 4 heteroatoms. The maximum absolute atomic E-state index is 7.48. The lowest BCUT2D eigenvalue weighted by molar-refractivity contribution is 0.122. The first-order chi connectivity index (χ1) is 22.0. The monoisotopic (exact) mass is 593 g/mol. The maximum atomic E-state index is 7.48. The molecule has 0 spiro atoms. The van der Waals surface area contributed by atoms with E-state index in [1.807, 2.05) is 0 Å². The molecule has 0 unspecified atom stereocenters. The van der Waals surface area contributed by atoms with Crippen molar-refractivity contribution >= 4 is 22.5 Å². The highest BCUT2D eigenvalue weighted by molar-refractivity contribution is 6.10. The molecule has 1 aliphatic carbocycles. The number of aryl methyl sites for hydroxylation is 1. The number of anilines is 1. The van der Waals surface area contributed by atoms with Gasteiger partial charge in [0.2, 0.25) is 0 Å². The molecule has 0 aromatic heterocycles. The van der Waals surface area contributed by atoms with Crippen molar-refractivity contribution in [2.45, 2.75) is 38.2 Å². The predicted octanol–water partition coefficient (Wildman–Crippen LogP) is 8.90. The number of benzene rings is 5. The molecule has 8 rings (SSSR count). The topological polar surface area (TPSA) is 30.9 Å². The largest absolute Gasteiger partial charge is 0.495 e. The van der Waals surface area contributed by atoms with Gasteiger partial charge in [0.05, 0.1) is 26.0 Å². The molecule has 45 heavy (non-hydrogen) atoms. The number of rotatable bonds is 5. The third kappa shape index (κ3) is 4.15. The van der Waals surface area contributed by atoms with E-state index in [-0.39, 0.29) is 5.41 Å². The van der Waals surface area contributed by atoms with Gasteiger partial charge in [0.1, 0.15) is 11.5 Å². The fraction of sp³-hybridized carbons (Fsp3) is 0.268. The second kappa shape index (κ2) is 10.5. The molecule has 0 N–H and O–H groups in total. The highest BCUT2D eigenvalue weighted by Gasteiger charge is 2.44. The fourth-order valence-corrected chi connectivity index (χ4v) is 7.83. The van der Waals surface area contributed by atoms with Crippen LogP contribution in [0.25, 0.3) is 28.0 Å². The lowest BCUT2D eigenvalue weighted by Gasteiger charge is -2.38. The number of hydrogen-bond donors (Lipinski definition) is 0. The summed E-state index contributed by atoms with van der Waals surface area (Å²) >= 11 is 0. The van der Waals surface area contributed by atoms with Crippen LogP contribution < -0.4 is 14.4 Å². The molecule has 5 aromatic rings. The predicted molar refractivity (Wildman–Crippen MR) is 184 cm³/mol. The van der Waals surface area contributed by atoms with Crippen LogP contribution in [0.4, 0.5) is 5.69 Å². The van der Waals surface area contributed by atoms with Gasteiger partial charge < -0.3 is 19.1 Å². The summed E-state index contributed by atoms with van der Waals surface area (Å²) in [7, 11) is 1.77. The van der Waals surface area contributed by atoms with E-state index in [0.29, 0.717) is 13.2 Å². The molecule has 2 aliphatic heterocycles. The summed E-state index contributed by atoms with van der Waals surface area (Å²) in [6.07, 6.45) is 5.60. The molecular weight excluding hydrogens is 554 g/mol. The molecule has 0 saturated carbocycles. The van der Waals surface area contributed by atoms with Gasteiger partial charge in [0.15, 0.2) is 5.60 Å². The molecule has 226 valence electrons. The summed E-state index contributed by atoms with van der Waals surface area (Å²) < 4.78 is 19.3. The van der Waals surface area contributed by atoms with Gasteiger partial charge in [-0.1, -0.05) is 106 Å². The highest BCUT2D eigenvalue weighted by atomic mass is 16.5.